The van der Waals surface area contributed by atoms with Gasteiger partial charge in [0.25, 0.3) is 0 Å². The molecular weight excluding hydrogens is 138 g/mol. The van der Waals surface area contributed by atoms with Crippen LogP contribution in [0.1, 0.15) is 20.3 Å². The Kier molecular flexibility index (Phi) is 4.94. The Morgan fingerprint density at radius 1 is 1.36 bits per heavy atom. The van der Waals surface area contributed by atoms with Gasteiger partial charge in [-0.15, -0.1) is 0 Å². The molecule has 60 valence electrons. The van der Waals surface area contributed by atoms with Crippen LogP contribution in [0.15, 0.2) is 0 Å². The lowest BCUT2D eigenvalue weighted by atomic mass is 10.2. The molecule has 11 heavy (non-hydrogen) atoms. The van der Waals surface area contributed by atoms with Crippen molar-refractivity contribution in [1.29, 1.82) is 10.5 Å². The van der Waals surface area contributed by atoms with E-state index in [1.54, 1.807) is 4.90 Å². The highest BCUT2D eigenvalue weighted by molar-refractivity contribution is 4.79. The van der Waals surface area contributed by atoms with Crippen LogP contribution in [0.5, 0.6) is 0 Å². The second-order valence-electron chi connectivity index (χ2n) is 2.85. The van der Waals surface area contributed by atoms with Crippen LogP contribution < -0.4 is 0 Å². The number of hydrogen-bond acceptors (Lipinski definition) is 3. The first-order chi connectivity index (χ1) is 5.20. The van der Waals surface area contributed by atoms with E-state index in [4.69, 9.17) is 10.5 Å². The van der Waals surface area contributed by atoms with Crippen molar-refractivity contribution < 1.29 is 0 Å². The zero-order chi connectivity index (χ0) is 8.69. The van der Waals surface area contributed by atoms with Gasteiger partial charge in [0.05, 0.1) is 12.5 Å². The minimum atomic E-state index is 0.431. The van der Waals surface area contributed by atoms with Crippen molar-refractivity contribution in [3.05, 3.63) is 0 Å². The molecule has 0 fully saturated rings. The molecule has 0 saturated heterocycles. The van der Waals surface area contributed by atoms with E-state index < -0.39 is 0 Å². The van der Waals surface area contributed by atoms with Gasteiger partial charge in [-0.2, -0.15) is 10.5 Å². The van der Waals surface area contributed by atoms with Gasteiger partial charge in [-0.25, -0.2) is 0 Å². The molecule has 0 aromatic carbocycles. The van der Waals surface area contributed by atoms with Crippen molar-refractivity contribution in [2.45, 2.75) is 20.3 Å². The summed E-state index contributed by atoms with van der Waals surface area (Å²) in [5, 5.41) is 16.8. The van der Waals surface area contributed by atoms with Gasteiger partial charge in [-0.05, 0) is 5.92 Å². The van der Waals surface area contributed by atoms with Crippen molar-refractivity contribution in [2.24, 2.45) is 5.92 Å². The van der Waals surface area contributed by atoms with Crippen molar-refractivity contribution in [1.82, 2.24) is 4.90 Å². The molecule has 0 spiro atoms. The highest BCUT2D eigenvalue weighted by Gasteiger charge is 2.02. The fourth-order valence-electron chi connectivity index (χ4n) is 0.808. The van der Waals surface area contributed by atoms with E-state index in [1.807, 2.05) is 6.07 Å². The van der Waals surface area contributed by atoms with Crippen LogP contribution in [-0.2, 0) is 0 Å². The standard InChI is InChI=1S/C8H13N3/c1-8(2)6-11(7-10)5-3-4-9/h8H,3,5-6H2,1-2H3. The summed E-state index contributed by atoms with van der Waals surface area (Å²) in [6, 6.07) is 2.01. The van der Waals surface area contributed by atoms with Gasteiger partial charge in [0.1, 0.15) is 0 Å². The molecule has 0 atom stereocenters. The van der Waals surface area contributed by atoms with Crippen LogP contribution in [0.4, 0.5) is 0 Å². The van der Waals surface area contributed by atoms with Crippen molar-refractivity contribution in [2.75, 3.05) is 13.1 Å². The van der Waals surface area contributed by atoms with E-state index in [-0.39, 0.29) is 0 Å². The molecule has 0 saturated carbocycles. The average molecular weight is 151 g/mol. The van der Waals surface area contributed by atoms with E-state index in [2.05, 4.69) is 20.0 Å². The zero-order valence-corrected chi connectivity index (χ0v) is 7.04. The predicted octanol–water partition coefficient (Wildman–Crippen LogP) is 1.34. The van der Waals surface area contributed by atoms with Crippen molar-refractivity contribution in [3.8, 4) is 12.3 Å². The van der Waals surface area contributed by atoms with Crippen molar-refractivity contribution in [3.63, 3.8) is 0 Å². The number of rotatable bonds is 4. The third-order valence-electron chi connectivity index (χ3n) is 1.22. The van der Waals surface area contributed by atoms with Gasteiger partial charge in [0.2, 0.25) is 0 Å². The van der Waals surface area contributed by atoms with Crippen LogP contribution in [0, 0.1) is 28.7 Å². The molecule has 0 aromatic rings. The number of hydrogen-bond donors (Lipinski definition) is 0. The van der Waals surface area contributed by atoms with Gasteiger partial charge in [0.15, 0.2) is 6.19 Å². The molecule has 0 bridgehead atoms. The first-order valence-electron chi connectivity index (χ1n) is 3.72. The minimum absolute atomic E-state index is 0.431. The molecule has 0 aliphatic heterocycles. The number of nitriles is 2. The average Bonchev–Trinajstić information content (AvgIpc) is 1.97. The molecule has 0 aromatic heterocycles. The van der Waals surface area contributed by atoms with Gasteiger partial charge < -0.3 is 4.90 Å². The fraction of sp³-hybridized carbons (Fsp3) is 0.750. The number of nitrogens with zero attached hydrogens (tertiary/aromatic N) is 3. The fourth-order valence-corrected chi connectivity index (χ4v) is 0.808. The molecule has 3 nitrogen and oxygen atoms in total. The SMILES string of the molecule is CC(C)CN(C#N)CCC#N. The first kappa shape index (κ1) is 9.78. The Morgan fingerprint density at radius 2 is 2.00 bits per heavy atom. The molecule has 0 amide bonds. The molecular formula is C8H13N3. The van der Waals surface area contributed by atoms with Gasteiger partial charge in [0, 0.05) is 13.1 Å². The third-order valence-corrected chi connectivity index (χ3v) is 1.22. The lowest BCUT2D eigenvalue weighted by Crippen LogP contribution is -2.23. The summed E-state index contributed by atoms with van der Waals surface area (Å²) in [7, 11) is 0. The second kappa shape index (κ2) is 5.56. The van der Waals surface area contributed by atoms with Crippen LogP contribution >= 0.6 is 0 Å². The quantitative estimate of drug-likeness (QED) is 0.450. The smallest absolute Gasteiger partial charge is 0.179 e. The van der Waals surface area contributed by atoms with E-state index in [1.165, 1.54) is 0 Å². The molecule has 0 heterocycles. The van der Waals surface area contributed by atoms with Gasteiger partial charge in [-0.3, -0.25) is 0 Å². The van der Waals surface area contributed by atoms with Crippen LogP contribution in [-0.4, -0.2) is 18.0 Å². The molecule has 0 N–H and O–H groups in total. The van der Waals surface area contributed by atoms with E-state index in [0.29, 0.717) is 18.9 Å². The minimum Gasteiger partial charge on any atom is -0.309 e. The Morgan fingerprint density at radius 3 is 2.36 bits per heavy atom. The summed E-state index contributed by atoms with van der Waals surface area (Å²) in [4.78, 5) is 1.62. The molecule has 0 rings (SSSR count). The Hall–Kier alpha value is -1.22. The molecule has 0 aliphatic carbocycles. The normalized spacial score (nSPS) is 8.82. The lowest BCUT2D eigenvalue weighted by Gasteiger charge is -2.15. The van der Waals surface area contributed by atoms with E-state index in [9.17, 15) is 0 Å². The van der Waals surface area contributed by atoms with Crippen LogP contribution in [0.3, 0.4) is 0 Å². The van der Waals surface area contributed by atoms with Gasteiger partial charge in [-0.1, -0.05) is 13.8 Å². The molecule has 0 radical (unpaired) electrons. The Labute approximate surface area is 67.8 Å². The predicted molar refractivity (Wildman–Crippen MR) is 42.3 cm³/mol. The summed E-state index contributed by atoms with van der Waals surface area (Å²) in [6.07, 6.45) is 2.48. The van der Waals surface area contributed by atoms with E-state index >= 15 is 0 Å². The van der Waals surface area contributed by atoms with E-state index in [0.717, 1.165) is 6.54 Å². The zero-order valence-electron chi connectivity index (χ0n) is 7.04. The van der Waals surface area contributed by atoms with Crippen LogP contribution in [0.25, 0.3) is 0 Å². The van der Waals surface area contributed by atoms with Gasteiger partial charge >= 0.3 is 0 Å². The monoisotopic (exact) mass is 151 g/mol. The topological polar surface area (TPSA) is 50.8 Å². The second-order valence-corrected chi connectivity index (χ2v) is 2.85. The van der Waals surface area contributed by atoms with Crippen LogP contribution in [0.2, 0.25) is 0 Å². The highest BCUT2D eigenvalue weighted by atomic mass is 15.1. The highest BCUT2D eigenvalue weighted by Crippen LogP contribution is 1.97. The van der Waals surface area contributed by atoms with Crippen molar-refractivity contribution >= 4 is 0 Å². The Bertz CT molecular complexity index is 173. The molecule has 0 aliphatic rings. The summed E-state index contributed by atoms with van der Waals surface area (Å²) in [6.45, 7) is 5.41. The summed E-state index contributed by atoms with van der Waals surface area (Å²) in [5.74, 6) is 0.480. The molecule has 0 unspecified atom stereocenters. The summed E-state index contributed by atoms with van der Waals surface area (Å²) < 4.78 is 0. The molecule has 3 heteroatoms. The maximum absolute atomic E-state index is 8.57. The first-order valence-corrected chi connectivity index (χ1v) is 3.72. The Balaban J connectivity index is 3.62. The largest absolute Gasteiger partial charge is 0.309 e. The summed E-state index contributed by atoms with van der Waals surface area (Å²) >= 11 is 0. The lowest BCUT2D eigenvalue weighted by molar-refractivity contribution is 0.350. The third kappa shape index (κ3) is 5.24. The maximum Gasteiger partial charge on any atom is 0.179 e. The maximum atomic E-state index is 8.57. The summed E-state index contributed by atoms with van der Waals surface area (Å²) in [5.41, 5.74) is 0.